The summed E-state index contributed by atoms with van der Waals surface area (Å²) in [6, 6.07) is 7.57. The van der Waals surface area contributed by atoms with Crippen molar-refractivity contribution in [2.75, 3.05) is 48.3 Å². The van der Waals surface area contributed by atoms with E-state index < -0.39 is 5.97 Å². The van der Waals surface area contributed by atoms with Crippen molar-refractivity contribution in [3.05, 3.63) is 51.5 Å². The SMILES string of the molecule is CCN(CCO)C(=O)c1ccc(CN2CCCc3c(NCC(C)C)nc(Nc4nc(C)c(C(=O)O)s4)nc32)cc1. The van der Waals surface area contributed by atoms with E-state index in [1.807, 2.05) is 31.2 Å². The minimum Gasteiger partial charge on any atom is -0.477 e. The molecule has 3 aromatic rings. The highest BCUT2D eigenvalue weighted by atomic mass is 32.1. The number of hydrogen-bond donors (Lipinski definition) is 4. The van der Waals surface area contributed by atoms with Gasteiger partial charge in [-0.3, -0.25) is 10.1 Å². The average Bonchev–Trinajstić information content (AvgIpc) is 3.30. The van der Waals surface area contributed by atoms with E-state index in [-0.39, 0.29) is 17.4 Å². The van der Waals surface area contributed by atoms with Gasteiger partial charge in [0.2, 0.25) is 5.95 Å². The normalized spacial score (nSPS) is 12.8. The predicted octanol–water partition coefficient (Wildman–Crippen LogP) is 4.16. The number of aromatic nitrogens is 3. The molecule has 1 amide bonds. The molecule has 0 radical (unpaired) electrons. The Morgan fingerprint density at radius 1 is 1.18 bits per heavy atom. The van der Waals surface area contributed by atoms with Crippen LogP contribution < -0.4 is 15.5 Å². The Bertz CT molecular complexity index is 1340. The Hall–Kier alpha value is -3.77. The number of aromatic carboxylic acids is 1. The molecular formula is C28H37N7O4S. The highest BCUT2D eigenvalue weighted by Crippen LogP contribution is 2.34. The molecule has 0 fully saturated rings. The number of carbonyl (C=O) groups is 2. The third-order valence-corrected chi connectivity index (χ3v) is 7.70. The van der Waals surface area contributed by atoms with E-state index in [1.165, 1.54) is 0 Å². The van der Waals surface area contributed by atoms with Crippen molar-refractivity contribution >= 4 is 45.9 Å². The molecule has 0 spiro atoms. The number of anilines is 4. The van der Waals surface area contributed by atoms with Crippen molar-refractivity contribution in [2.45, 2.75) is 47.1 Å². The molecule has 1 aliphatic heterocycles. The Labute approximate surface area is 238 Å². The van der Waals surface area contributed by atoms with E-state index in [1.54, 1.807) is 11.8 Å². The Morgan fingerprint density at radius 2 is 1.93 bits per heavy atom. The van der Waals surface area contributed by atoms with Gasteiger partial charge in [0.15, 0.2) is 5.13 Å². The van der Waals surface area contributed by atoms with Crippen molar-refractivity contribution in [2.24, 2.45) is 5.92 Å². The number of carboxylic acids is 1. The van der Waals surface area contributed by atoms with Crippen LogP contribution in [0.4, 0.5) is 22.7 Å². The number of likely N-dealkylation sites (N-methyl/N-ethyl adjacent to an activating group) is 1. The van der Waals surface area contributed by atoms with Gasteiger partial charge in [0.05, 0.1) is 12.3 Å². The van der Waals surface area contributed by atoms with Gasteiger partial charge in [-0.15, -0.1) is 0 Å². The van der Waals surface area contributed by atoms with Gasteiger partial charge in [-0.05, 0) is 50.3 Å². The number of carbonyl (C=O) groups excluding carboxylic acids is 1. The first kappa shape index (κ1) is 29.2. The maximum Gasteiger partial charge on any atom is 0.347 e. The van der Waals surface area contributed by atoms with Crippen molar-refractivity contribution in [1.29, 1.82) is 0 Å². The number of hydrogen-bond acceptors (Lipinski definition) is 10. The fourth-order valence-corrected chi connectivity index (χ4v) is 5.40. The monoisotopic (exact) mass is 567 g/mol. The molecule has 214 valence electrons. The highest BCUT2D eigenvalue weighted by molar-refractivity contribution is 7.17. The van der Waals surface area contributed by atoms with Gasteiger partial charge in [0.25, 0.3) is 5.91 Å². The third kappa shape index (κ3) is 6.86. The number of nitrogens with one attached hydrogen (secondary N) is 2. The number of rotatable bonds is 12. The zero-order valence-corrected chi connectivity index (χ0v) is 24.2. The summed E-state index contributed by atoms with van der Waals surface area (Å²) < 4.78 is 0. The van der Waals surface area contributed by atoms with Crippen LogP contribution in [-0.2, 0) is 13.0 Å². The smallest absolute Gasteiger partial charge is 0.347 e. The van der Waals surface area contributed by atoms with E-state index in [2.05, 4.69) is 34.4 Å². The molecule has 0 saturated carbocycles. The second-order valence-corrected chi connectivity index (χ2v) is 11.2. The van der Waals surface area contributed by atoms with Crippen molar-refractivity contribution in [1.82, 2.24) is 19.9 Å². The van der Waals surface area contributed by atoms with Crippen LogP contribution in [0.5, 0.6) is 0 Å². The molecule has 40 heavy (non-hydrogen) atoms. The first-order valence-electron chi connectivity index (χ1n) is 13.6. The molecule has 0 bridgehead atoms. The standard InChI is InChI=1S/C28H37N7O4S/c1-5-34(13-14-36)25(37)20-10-8-19(9-11-20)16-35-12-6-7-21-23(29-15-17(2)3)31-27(32-24(21)35)33-28-30-18(4)22(40-28)26(38)39/h8-11,17,36H,5-7,12-16H2,1-4H3,(H,38,39)(H2,29,30,31,32,33). The van der Waals surface area contributed by atoms with Gasteiger partial charge in [-0.2, -0.15) is 9.97 Å². The summed E-state index contributed by atoms with van der Waals surface area (Å²) in [5.41, 5.74) is 3.12. The van der Waals surface area contributed by atoms with Crippen LogP contribution in [0, 0.1) is 12.8 Å². The zero-order valence-electron chi connectivity index (χ0n) is 23.4. The summed E-state index contributed by atoms with van der Waals surface area (Å²) in [5, 5.41) is 25.7. The van der Waals surface area contributed by atoms with Crippen LogP contribution in [0.2, 0.25) is 0 Å². The van der Waals surface area contributed by atoms with Crippen molar-refractivity contribution in [3.63, 3.8) is 0 Å². The van der Waals surface area contributed by atoms with Gasteiger partial charge >= 0.3 is 5.97 Å². The topological polar surface area (TPSA) is 144 Å². The van der Waals surface area contributed by atoms with Gasteiger partial charge in [-0.1, -0.05) is 37.3 Å². The number of carboxylic acid groups (broad SMARTS) is 1. The number of nitrogens with zero attached hydrogens (tertiary/aromatic N) is 5. The summed E-state index contributed by atoms with van der Waals surface area (Å²) >= 11 is 1.06. The van der Waals surface area contributed by atoms with Crippen LogP contribution >= 0.6 is 11.3 Å². The summed E-state index contributed by atoms with van der Waals surface area (Å²) in [6.07, 6.45) is 1.80. The Morgan fingerprint density at radius 3 is 2.55 bits per heavy atom. The molecule has 1 aliphatic rings. The first-order chi connectivity index (χ1) is 19.2. The molecule has 0 saturated heterocycles. The molecule has 12 heteroatoms. The lowest BCUT2D eigenvalue weighted by atomic mass is 10.0. The number of aliphatic hydroxyl groups is 1. The quantitative estimate of drug-likeness (QED) is 0.252. The molecule has 4 rings (SSSR count). The van der Waals surface area contributed by atoms with E-state index in [0.717, 1.165) is 60.0 Å². The second-order valence-electron chi connectivity index (χ2n) is 10.2. The van der Waals surface area contributed by atoms with E-state index in [0.29, 0.717) is 47.9 Å². The first-order valence-corrected chi connectivity index (χ1v) is 14.4. The third-order valence-electron chi connectivity index (χ3n) is 6.64. The van der Waals surface area contributed by atoms with Crippen LogP contribution in [0.25, 0.3) is 0 Å². The fraction of sp³-hybridized carbons (Fsp3) is 0.464. The second kappa shape index (κ2) is 13.1. The molecule has 1 aromatic carbocycles. The van der Waals surface area contributed by atoms with E-state index in [4.69, 9.17) is 9.97 Å². The lowest BCUT2D eigenvalue weighted by molar-refractivity contribution is 0.0699. The highest BCUT2D eigenvalue weighted by Gasteiger charge is 2.25. The van der Waals surface area contributed by atoms with E-state index >= 15 is 0 Å². The maximum atomic E-state index is 12.8. The lowest BCUT2D eigenvalue weighted by Crippen LogP contribution is -2.33. The zero-order chi connectivity index (χ0) is 28.8. The van der Waals surface area contributed by atoms with Crippen LogP contribution in [-0.4, -0.2) is 74.7 Å². The maximum absolute atomic E-state index is 12.8. The molecule has 11 nitrogen and oxygen atoms in total. The van der Waals surface area contributed by atoms with Gasteiger partial charge in [0.1, 0.15) is 16.5 Å². The largest absolute Gasteiger partial charge is 0.477 e. The van der Waals surface area contributed by atoms with Gasteiger partial charge in [-0.25, -0.2) is 9.78 Å². The summed E-state index contributed by atoms with van der Waals surface area (Å²) in [4.78, 5) is 42.2. The number of aliphatic hydroxyl groups excluding tert-OH is 1. The number of fused-ring (bicyclic) bond motifs is 1. The molecule has 3 heterocycles. The molecule has 0 aliphatic carbocycles. The molecule has 4 N–H and O–H groups in total. The Kier molecular flexibility index (Phi) is 9.54. The van der Waals surface area contributed by atoms with Crippen LogP contribution in [0.15, 0.2) is 24.3 Å². The number of thiazole rings is 1. The minimum absolute atomic E-state index is 0.0678. The van der Waals surface area contributed by atoms with Crippen LogP contribution in [0.3, 0.4) is 0 Å². The fourth-order valence-electron chi connectivity index (χ4n) is 4.60. The molecule has 0 atom stereocenters. The Balaban J connectivity index is 1.61. The summed E-state index contributed by atoms with van der Waals surface area (Å²) in [6.45, 7) is 10.8. The number of amides is 1. The summed E-state index contributed by atoms with van der Waals surface area (Å²) in [7, 11) is 0. The van der Waals surface area contributed by atoms with Gasteiger partial charge in [0, 0.05) is 43.9 Å². The molecule has 0 unspecified atom stereocenters. The average molecular weight is 568 g/mol. The number of benzene rings is 1. The lowest BCUT2D eigenvalue weighted by Gasteiger charge is -2.31. The van der Waals surface area contributed by atoms with E-state index in [9.17, 15) is 19.8 Å². The summed E-state index contributed by atoms with van der Waals surface area (Å²) in [5.74, 6) is 1.25. The minimum atomic E-state index is -1.01. The predicted molar refractivity (Wildman–Crippen MR) is 157 cm³/mol. The molecular weight excluding hydrogens is 530 g/mol. The van der Waals surface area contributed by atoms with Crippen molar-refractivity contribution < 1.29 is 19.8 Å². The van der Waals surface area contributed by atoms with Gasteiger partial charge < -0.3 is 25.3 Å². The van der Waals surface area contributed by atoms with Crippen molar-refractivity contribution in [3.8, 4) is 0 Å². The van der Waals surface area contributed by atoms with Crippen LogP contribution in [0.1, 0.15) is 64.0 Å². The number of aryl methyl sites for hydroxylation is 1. The molecule has 2 aromatic heterocycles.